The van der Waals surface area contributed by atoms with Gasteiger partial charge in [-0.05, 0) is 18.6 Å². The zero-order valence-corrected chi connectivity index (χ0v) is 11.7. The van der Waals surface area contributed by atoms with Crippen molar-refractivity contribution in [1.29, 1.82) is 0 Å². The van der Waals surface area contributed by atoms with Crippen LogP contribution in [0.5, 0.6) is 0 Å². The Hall–Kier alpha value is -1.93. The third kappa shape index (κ3) is 2.74. The SMILES string of the molecule is Cc1cccc(NS(=O)(=O)c2cn[nH]c2)c1C(N)=S. The summed E-state index contributed by atoms with van der Waals surface area (Å²) < 4.78 is 26.6. The molecule has 100 valence electrons. The number of rotatable bonds is 4. The van der Waals surface area contributed by atoms with Crippen molar-refractivity contribution in [3.8, 4) is 0 Å². The largest absolute Gasteiger partial charge is 0.389 e. The summed E-state index contributed by atoms with van der Waals surface area (Å²) in [6.45, 7) is 1.81. The zero-order valence-electron chi connectivity index (χ0n) is 10.0. The number of aromatic nitrogens is 2. The van der Waals surface area contributed by atoms with Crippen LogP contribution in [0.1, 0.15) is 11.1 Å². The number of nitrogens with one attached hydrogen (secondary N) is 2. The van der Waals surface area contributed by atoms with Crippen LogP contribution in [0, 0.1) is 6.92 Å². The van der Waals surface area contributed by atoms with E-state index in [1.807, 2.05) is 13.0 Å². The van der Waals surface area contributed by atoms with Crippen molar-refractivity contribution in [2.75, 3.05) is 4.72 Å². The molecule has 0 aliphatic carbocycles. The van der Waals surface area contributed by atoms with E-state index in [1.165, 1.54) is 12.4 Å². The first-order valence-electron chi connectivity index (χ1n) is 5.33. The van der Waals surface area contributed by atoms with E-state index in [0.29, 0.717) is 11.3 Å². The molecular formula is C11H12N4O2S2. The predicted octanol–water partition coefficient (Wildman–Crippen LogP) is 1.15. The fourth-order valence-corrected chi connectivity index (χ4v) is 2.92. The predicted molar refractivity (Wildman–Crippen MR) is 76.5 cm³/mol. The van der Waals surface area contributed by atoms with Gasteiger partial charge in [0.2, 0.25) is 0 Å². The van der Waals surface area contributed by atoms with Crippen LogP contribution in [-0.4, -0.2) is 23.6 Å². The van der Waals surface area contributed by atoms with Crippen molar-refractivity contribution in [2.24, 2.45) is 5.73 Å². The molecule has 1 heterocycles. The smallest absolute Gasteiger partial charge is 0.265 e. The van der Waals surface area contributed by atoms with Crippen molar-refractivity contribution in [2.45, 2.75) is 11.8 Å². The van der Waals surface area contributed by atoms with E-state index in [9.17, 15) is 8.42 Å². The summed E-state index contributed by atoms with van der Waals surface area (Å²) in [5.74, 6) is 0. The minimum atomic E-state index is -3.70. The van der Waals surface area contributed by atoms with Crippen molar-refractivity contribution in [3.05, 3.63) is 41.7 Å². The molecule has 0 aliphatic heterocycles. The third-order valence-corrected chi connectivity index (χ3v) is 4.08. The Labute approximate surface area is 116 Å². The standard InChI is InChI=1S/C11H12N4O2S2/c1-7-3-2-4-9(10(7)11(12)18)15-19(16,17)8-5-13-14-6-8/h2-6,15H,1H3,(H2,12,18)(H,13,14). The highest BCUT2D eigenvalue weighted by Crippen LogP contribution is 2.22. The topological polar surface area (TPSA) is 101 Å². The molecule has 2 rings (SSSR count). The van der Waals surface area contributed by atoms with Gasteiger partial charge in [-0.3, -0.25) is 9.82 Å². The lowest BCUT2D eigenvalue weighted by atomic mass is 10.1. The van der Waals surface area contributed by atoms with E-state index in [1.54, 1.807) is 12.1 Å². The second kappa shape index (κ2) is 4.98. The van der Waals surface area contributed by atoms with Crippen LogP contribution in [0.25, 0.3) is 0 Å². The zero-order chi connectivity index (χ0) is 14.0. The molecule has 19 heavy (non-hydrogen) atoms. The van der Waals surface area contributed by atoms with E-state index in [-0.39, 0.29) is 9.88 Å². The lowest BCUT2D eigenvalue weighted by Gasteiger charge is -2.13. The fourth-order valence-electron chi connectivity index (χ4n) is 1.67. The maximum atomic E-state index is 12.1. The number of hydrogen-bond acceptors (Lipinski definition) is 4. The number of hydrogen-bond donors (Lipinski definition) is 3. The fraction of sp³-hybridized carbons (Fsp3) is 0.0909. The first-order valence-corrected chi connectivity index (χ1v) is 7.22. The van der Waals surface area contributed by atoms with Crippen LogP contribution in [-0.2, 0) is 10.0 Å². The van der Waals surface area contributed by atoms with Crippen molar-refractivity contribution >= 4 is 32.9 Å². The van der Waals surface area contributed by atoms with Gasteiger partial charge in [-0.1, -0.05) is 24.4 Å². The van der Waals surface area contributed by atoms with Gasteiger partial charge in [0.1, 0.15) is 9.88 Å². The number of sulfonamides is 1. The van der Waals surface area contributed by atoms with Crippen LogP contribution in [0.3, 0.4) is 0 Å². The Morgan fingerprint density at radius 3 is 2.79 bits per heavy atom. The van der Waals surface area contributed by atoms with Gasteiger partial charge in [-0.2, -0.15) is 5.10 Å². The Morgan fingerprint density at radius 2 is 2.21 bits per heavy atom. The summed E-state index contributed by atoms with van der Waals surface area (Å²) in [6.07, 6.45) is 2.51. The van der Waals surface area contributed by atoms with E-state index in [4.69, 9.17) is 18.0 Å². The summed E-state index contributed by atoms with van der Waals surface area (Å²) in [6, 6.07) is 5.15. The lowest BCUT2D eigenvalue weighted by Crippen LogP contribution is -2.18. The molecule has 0 saturated heterocycles. The van der Waals surface area contributed by atoms with Crippen LogP contribution >= 0.6 is 12.2 Å². The summed E-state index contributed by atoms with van der Waals surface area (Å²) in [4.78, 5) is 0.186. The lowest BCUT2D eigenvalue weighted by molar-refractivity contribution is 0.601. The summed E-state index contributed by atoms with van der Waals surface area (Å²) in [5.41, 5.74) is 7.31. The van der Waals surface area contributed by atoms with Gasteiger partial charge in [-0.25, -0.2) is 8.42 Å². The number of aryl methyl sites for hydroxylation is 1. The molecule has 0 aliphatic rings. The molecule has 4 N–H and O–H groups in total. The molecule has 0 spiro atoms. The van der Waals surface area contributed by atoms with Gasteiger partial charge in [0.15, 0.2) is 0 Å². The Balaban J connectivity index is 2.45. The number of H-pyrrole nitrogens is 1. The van der Waals surface area contributed by atoms with Gasteiger partial charge in [0.25, 0.3) is 10.0 Å². The summed E-state index contributed by atoms with van der Waals surface area (Å²) >= 11 is 4.95. The second-order valence-corrected chi connectivity index (χ2v) is 6.02. The number of anilines is 1. The van der Waals surface area contributed by atoms with Gasteiger partial charge in [0.05, 0.1) is 11.9 Å². The number of aromatic amines is 1. The van der Waals surface area contributed by atoms with E-state index in [2.05, 4.69) is 14.9 Å². The Morgan fingerprint density at radius 1 is 1.47 bits per heavy atom. The highest BCUT2D eigenvalue weighted by atomic mass is 32.2. The van der Waals surface area contributed by atoms with Gasteiger partial charge in [-0.15, -0.1) is 0 Å². The molecule has 0 saturated carbocycles. The highest BCUT2D eigenvalue weighted by molar-refractivity contribution is 7.92. The number of nitrogens with zero attached hydrogens (tertiary/aromatic N) is 1. The molecule has 2 aromatic rings. The first kappa shape index (κ1) is 13.5. The van der Waals surface area contributed by atoms with Gasteiger partial charge in [0, 0.05) is 11.8 Å². The maximum Gasteiger partial charge on any atom is 0.265 e. The molecule has 0 bridgehead atoms. The second-order valence-electron chi connectivity index (χ2n) is 3.90. The third-order valence-electron chi connectivity index (χ3n) is 2.55. The number of benzene rings is 1. The molecular weight excluding hydrogens is 284 g/mol. The quantitative estimate of drug-likeness (QED) is 0.735. The molecule has 1 aromatic heterocycles. The molecule has 0 fully saturated rings. The molecule has 8 heteroatoms. The molecule has 0 atom stereocenters. The summed E-state index contributed by atoms with van der Waals surface area (Å²) in [5, 5.41) is 6.06. The Kier molecular flexibility index (Phi) is 3.54. The average molecular weight is 296 g/mol. The molecule has 0 amide bonds. The monoisotopic (exact) mass is 296 g/mol. The highest BCUT2D eigenvalue weighted by Gasteiger charge is 2.18. The number of nitrogens with two attached hydrogens (primary N) is 1. The number of thiocarbonyl (C=S) groups is 1. The molecule has 6 nitrogen and oxygen atoms in total. The average Bonchev–Trinajstić information content (AvgIpc) is 2.81. The van der Waals surface area contributed by atoms with Crippen LogP contribution < -0.4 is 10.5 Å². The summed E-state index contributed by atoms with van der Waals surface area (Å²) in [7, 11) is -3.70. The van der Waals surface area contributed by atoms with Crippen molar-refractivity contribution in [1.82, 2.24) is 10.2 Å². The molecule has 1 aromatic carbocycles. The van der Waals surface area contributed by atoms with Crippen LogP contribution in [0.4, 0.5) is 5.69 Å². The van der Waals surface area contributed by atoms with E-state index >= 15 is 0 Å². The maximum absolute atomic E-state index is 12.1. The molecule has 0 unspecified atom stereocenters. The Bertz CT molecular complexity index is 708. The van der Waals surface area contributed by atoms with E-state index in [0.717, 1.165) is 5.56 Å². The van der Waals surface area contributed by atoms with Crippen LogP contribution in [0.2, 0.25) is 0 Å². The first-order chi connectivity index (χ1) is 8.92. The minimum absolute atomic E-state index is 0.0443. The molecule has 0 radical (unpaired) electrons. The van der Waals surface area contributed by atoms with Gasteiger partial charge >= 0.3 is 0 Å². The van der Waals surface area contributed by atoms with Crippen molar-refractivity contribution < 1.29 is 8.42 Å². The minimum Gasteiger partial charge on any atom is -0.389 e. The van der Waals surface area contributed by atoms with Crippen molar-refractivity contribution in [3.63, 3.8) is 0 Å². The van der Waals surface area contributed by atoms with Crippen LogP contribution in [0.15, 0.2) is 35.5 Å². The normalized spacial score (nSPS) is 11.2. The van der Waals surface area contributed by atoms with E-state index < -0.39 is 10.0 Å². The van der Waals surface area contributed by atoms with Gasteiger partial charge < -0.3 is 5.73 Å².